The minimum atomic E-state index is -4.88. The number of anilines is 2. The van der Waals surface area contributed by atoms with E-state index in [0.717, 1.165) is 12.1 Å². The number of H-pyrrole nitrogens is 1. The fourth-order valence-electron chi connectivity index (χ4n) is 1.83. The van der Waals surface area contributed by atoms with E-state index >= 15 is 0 Å². The summed E-state index contributed by atoms with van der Waals surface area (Å²) >= 11 is 17.0. The number of thiocarbonyl (C=S) groups is 1. The van der Waals surface area contributed by atoms with Gasteiger partial charge < -0.3 is 15.8 Å². The average molecular weight is 433 g/mol. The number of nitrogens with two attached hydrogens (primary N) is 1. The normalized spacial score (nSPS) is 12.7. The van der Waals surface area contributed by atoms with Gasteiger partial charge in [-0.05, 0) is 0 Å². The highest BCUT2D eigenvalue weighted by atomic mass is 35.5. The summed E-state index contributed by atoms with van der Waals surface area (Å²) in [5, 5.41) is 8.58. The first kappa shape index (κ1) is 19.8. The second-order valence-corrected chi connectivity index (χ2v) is 7.07. The smallest absolute Gasteiger partial charge is 0.406 e. The van der Waals surface area contributed by atoms with Gasteiger partial charge in [-0.2, -0.15) is 5.10 Å². The van der Waals surface area contributed by atoms with Crippen molar-refractivity contribution in [2.24, 2.45) is 0 Å². The van der Waals surface area contributed by atoms with Gasteiger partial charge in [0, 0.05) is 18.4 Å². The van der Waals surface area contributed by atoms with Gasteiger partial charge in [-0.1, -0.05) is 35.4 Å². The molecule has 1 unspecified atom stereocenters. The van der Waals surface area contributed by atoms with Crippen LogP contribution in [-0.4, -0.2) is 32.0 Å². The number of nitrogens with zero attached hydrogens (tertiary/aromatic N) is 1. The lowest BCUT2D eigenvalue weighted by Crippen LogP contribution is -2.17. The van der Waals surface area contributed by atoms with E-state index in [-0.39, 0.29) is 37.1 Å². The first-order valence-electron chi connectivity index (χ1n) is 6.23. The van der Waals surface area contributed by atoms with Crippen molar-refractivity contribution < 1.29 is 22.1 Å². The highest BCUT2D eigenvalue weighted by molar-refractivity contribution is 7.85. The van der Waals surface area contributed by atoms with Gasteiger partial charge in [-0.15, -0.1) is 13.2 Å². The third-order valence-electron chi connectivity index (χ3n) is 2.75. The van der Waals surface area contributed by atoms with Crippen LogP contribution in [0.1, 0.15) is 5.69 Å². The van der Waals surface area contributed by atoms with Crippen molar-refractivity contribution in [1.82, 2.24) is 10.2 Å². The second-order valence-electron chi connectivity index (χ2n) is 4.53. The summed E-state index contributed by atoms with van der Waals surface area (Å²) in [4.78, 5) is 0.185. The van der Waals surface area contributed by atoms with E-state index in [4.69, 9.17) is 41.2 Å². The first-order chi connectivity index (χ1) is 11.5. The van der Waals surface area contributed by atoms with E-state index in [0.29, 0.717) is 0 Å². The van der Waals surface area contributed by atoms with Crippen LogP contribution in [0.5, 0.6) is 5.75 Å². The summed E-state index contributed by atoms with van der Waals surface area (Å²) in [5.41, 5.74) is 5.84. The molecule has 0 spiro atoms. The van der Waals surface area contributed by atoms with Crippen molar-refractivity contribution in [2.45, 2.75) is 11.3 Å². The predicted octanol–water partition coefficient (Wildman–Crippen LogP) is 3.72. The number of halogens is 5. The van der Waals surface area contributed by atoms with Crippen LogP contribution in [0.4, 0.5) is 24.7 Å². The molecule has 0 aliphatic rings. The van der Waals surface area contributed by atoms with Gasteiger partial charge in [0.15, 0.2) is 5.82 Å². The molecule has 0 bridgehead atoms. The molecule has 0 saturated carbocycles. The largest absolute Gasteiger partial charge is 0.573 e. The summed E-state index contributed by atoms with van der Waals surface area (Å²) < 4.78 is 52.3. The highest BCUT2D eigenvalue weighted by Gasteiger charge is 2.31. The van der Waals surface area contributed by atoms with Crippen molar-refractivity contribution in [2.75, 3.05) is 17.3 Å². The topological polar surface area (TPSA) is 93.0 Å². The molecule has 0 aliphatic heterocycles. The number of nitrogen functional groups attached to an aromatic ring is 1. The maximum absolute atomic E-state index is 12.3. The summed E-state index contributed by atoms with van der Waals surface area (Å²) in [7, 11) is -1.48. The molecule has 0 fully saturated rings. The van der Waals surface area contributed by atoms with E-state index in [1.165, 1.54) is 6.26 Å². The van der Waals surface area contributed by atoms with E-state index < -0.39 is 22.9 Å². The number of hydrogen-bond acceptors (Lipinski definition) is 5. The maximum Gasteiger partial charge on any atom is 0.573 e. The molecule has 0 radical (unpaired) electrons. The van der Waals surface area contributed by atoms with E-state index in [1.807, 2.05) is 0 Å². The number of aromatic nitrogens is 2. The quantitative estimate of drug-likeness (QED) is 0.637. The molecule has 25 heavy (non-hydrogen) atoms. The molecule has 1 aromatic heterocycles. The Kier molecular flexibility index (Phi) is 5.82. The minimum absolute atomic E-state index is 0.00249. The van der Waals surface area contributed by atoms with Crippen LogP contribution in [0.3, 0.4) is 0 Å². The van der Waals surface area contributed by atoms with Crippen molar-refractivity contribution in [1.29, 1.82) is 0 Å². The molecule has 0 amide bonds. The molecule has 0 saturated heterocycles. The Bertz CT molecular complexity index is 834. The number of aromatic amines is 1. The standard InChI is InChI=1S/C12H9Cl2F3N4O2S2/c1-25(22)9-8(20-21-10(9)18)11(24)19-7-5(13)2-4(3-6(7)14)23-12(15,16)17/h2-3H,1H3,(H,19,24)(H3,18,20,21). The Morgan fingerprint density at radius 3 is 2.44 bits per heavy atom. The second kappa shape index (κ2) is 7.36. The average Bonchev–Trinajstić information content (AvgIpc) is 2.83. The van der Waals surface area contributed by atoms with Crippen LogP contribution in [0.15, 0.2) is 17.0 Å². The highest BCUT2D eigenvalue weighted by Crippen LogP contribution is 2.37. The molecular formula is C12H9Cl2F3N4O2S2. The number of hydrogen-bond donors (Lipinski definition) is 3. The van der Waals surface area contributed by atoms with E-state index in [1.54, 1.807) is 0 Å². The van der Waals surface area contributed by atoms with Crippen LogP contribution >= 0.6 is 35.4 Å². The van der Waals surface area contributed by atoms with Crippen molar-refractivity contribution in [3.63, 3.8) is 0 Å². The molecule has 1 heterocycles. The first-order valence-corrected chi connectivity index (χ1v) is 8.95. The minimum Gasteiger partial charge on any atom is -0.406 e. The number of nitrogens with one attached hydrogen (secondary N) is 2. The van der Waals surface area contributed by atoms with Gasteiger partial charge >= 0.3 is 6.36 Å². The Morgan fingerprint density at radius 1 is 1.40 bits per heavy atom. The van der Waals surface area contributed by atoms with Gasteiger partial charge in [0.1, 0.15) is 21.3 Å². The number of benzene rings is 1. The lowest BCUT2D eigenvalue weighted by atomic mass is 10.3. The van der Waals surface area contributed by atoms with Gasteiger partial charge in [-0.3, -0.25) is 9.31 Å². The molecule has 1 aromatic carbocycles. The fourth-order valence-corrected chi connectivity index (χ4v) is 3.48. The molecule has 0 aliphatic carbocycles. The molecule has 4 N–H and O–H groups in total. The van der Waals surface area contributed by atoms with E-state index in [9.17, 15) is 17.4 Å². The van der Waals surface area contributed by atoms with Gasteiger partial charge in [0.25, 0.3) is 0 Å². The van der Waals surface area contributed by atoms with E-state index in [2.05, 4.69) is 20.3 Å². The van der Waals surface area contributed by atoms with Crippen LogP contribution in [0.2, 0.25) is 10.0 Å². The maximum atomic E-state index is 12.3. The Balaban J connectivity index is 2.32. The molecule has 1 atom stereocenters. The number of rotatable bonds is 4. The SMILES string of the molecule is CS(=O)c1c(N)n[nH]c1C(=S)Nc1c(Cl)cc(OC(F)(F)F)cc1Cl. The zero-order valence-electron chi connectivity index (χ0n) is 12.2. The van der Waals surface area contributed by atoms with Crippen molar-refractivity contribution >= 4 is 62.7 Å². The Labute approximate surface area is 157 Å². The Morgan fingerprint density at radius 2 is 1.96 bits per heavy atom. The summed E-state index contributed by atoms with van der Waals surface area (Å²) in [5.74, 6) is -0.578. The summed E-state index contributed by atoms with van der Waals surface area (Å²) in [6.45, 7) is 0. The summed E-state index contributed by atoms with van der Waals surface area (Å²) in [6, 6.07) is 1.85. The molecule has 6 nitrogen and oxygen atoms in total. The third kappa shape index (κ3) is 4.75. The fraction of sp³-hybridized carbons (Fsp3) is 0.167. The lowest BCUT2D eigenvalue weighted by Gasteiger charge is -2.14. The van der Waals surface area contributed by atoms with Gasteiger partial charge in [-0.25, -0.2) is 0 Å². The monoisotopic (exact) mass is 432 g/mol. The lowest BCUT2D eigenvalue weighted by molar-refractivity contribution is -0.274. The molecule has 136 valence electrons. The summed E-state index contributed by atoms with van der Waals surface area (Å²) in [6.07, 6.45) is -3.50. The van der Waals surface area contributed by atoms with Gasteiger partial charge in [0.2, 0.25) is 0 Å². The number of ether oxygens (including phenoxy) is 1. The molecular weight excluding hydrogens is 424 g/mol. The number of alkyl halides is 3. The molecule has 2 rings (SSSR count). The van der Waals surface area contributed by atoms with Crippen molar-refractivity contribution in [3.05, 3.63) is 27.9 Å². The Hall–Kier alpha value is -1.56. The van der Waals surface area contributed by atoms with Gasteiger partial charge in [0.05, 0.1) is 26.5 Å². The third-order valence-corrected chi connectivity index (χ3v) is 4.64. The predicted molar refractivity (Wildman–Crippen MR) is 93.8 cm³/mol. The zero-order valence-corrected chi connectivity index (χ0v) is 15.3. The molecule has 2 aromatic rings. The molecule has 13 heteroatoms. The van der Waals surface area contributed by atoms with Crippen LogP contribution in [0, 0.1) is 0 Å². The van der Waals surface area contributed by atoms with Crippen LogP contribution in [-0.2, 0) is 10.8 Å². The van der Waals surface area contributed by atoms with Crippen LogP contribution in [0.25, 0.3) is 0 Å². The van der Waals surface area contributed by atoms with Crippen molar-refractivity contribution in [3.8, 4) is 5.75 Å². The zero-order chi connectivity index (χ0) is 18.9. The van der Waals surface area contributed by atoms with Crippen LogP contribution < -0.4 is 15.8 Å².